The van der Waals surface area contributed by atoms with Gasteiger partial charge in [-0.25, -0.2) is 14.4 Å². The molecule has 7 heteroatoms. The second-order valence-electron chi connectivity index (χ2n) is 4.59. The molecular weight excluding hydrogens is 292 g/mol. The summed E-state index contributed by atoms with van der Waals surface area (Å²) in [6, 6.07) is 0. The first-order chi connectivity index (χ1) is 10.2. The predicted octanol–water partition coefficient (Wildman–Crippen LogP) is 2.15. The van der Waals surface area contributed by atoms with Crippen molar-refractivity contribution < 1.29 is 33.3 Å². The van der Waals surface area contributed by atoms with Crippen molar-refractivity contribution in [3.8, 4) is 0 Å². The van der Waals surface area contributed by atoms with E-state index in [1.54, 1.807) is 27.7 Å². The van der Waals surface area contributed by atoms with Gasteiger partial charge in [-0.05, 0) is 27.7 Å². The van der Waals surface area contributed by atoms with Gasteiger partial charge in [0, 0.05) is 12.2 Å². The molecule has 124 valence electrons. The molecule has 0 spiro atoms. The second-order valence-corrected chi connectivity index (χ2v) is 4.59. The van der Waals surface area contributed by atoms with E-state index in [-0.39, 0.29) is 0 Å². The number of carbonyl (C=O) groups excluding carboxylic acids is 3. The highest BCUT2D eigenvalue weighted by Gasteiger charge is 2.24. The third kappa shape index (κ3) is 7.47. The van der Waals surface area contributed by atoms with Crippen molar-refractivity contribution >= 4 is 18.1 Å². The third-order valence-corrected chi connectivity index (χ3v) is 2.82. The number of carbonyl (C=O) groups is 3. The lowest BCUT2D eigenvalue weighted by molar-refractivity contribution is -0.150. The van der Waals surface area contributed by atoms with Crippen LogP contribution < -0.4 is 0 Å². The lowest BCUT2D eigenvalue weighted by Crippen LogP contribution is -2.34. The topological polar surface area (TPSA) is 88.1 Å². The fourth-order valence-electron chi connectivity index (χ4n) is 1.18. The minimum Gasteiger partial charge on any atom is -0.456 e. The minimum atomic E-state index is -0.956. The summed E-state index contributed by atoms with van der Waals surface area (Å²) >= 11 is 0. The summed E-state index contributed by atoms with van der Waals surface area (Å²) in [6.07, 6.45) is -1.68. The largest absolute Gasteiger partial charge is 0.509 e. The number of rotatable bonds is 8. The maximum Gasteiger partial charge on any atom is 0.509 e. The van der Waals surface area contributed by atoms with Gasteiger partial charge in [-0.15, -0.1) is 0 Å². The first-order valence-electron chi connectivity index (χ1n) is 6.74. The van der Waals surface area contributed by atoms with Crippen LogP contribution in [0.15, 0.2) is 25.3 Å². The summed E-state index contributed by atoms with van der Waals surface area (Å²) in [6.45, 7) is 12.8. The molecule has 0 bridgehead atoms. The van der Waals surface area contributed by atoms with E-state index in [1.807, 2.05) is 0 Å². The highest BCUT2D eigenvalue weighted by Crippen LogP contribution is 2.09. The van der Waals surface area contributed by atoms with Gasteiger partial charge in [0.25, 0.3) is 0 Å². The van der Waals surface area contributed by atoms with Crippen LogP contribution in [0.4, 0.5) is 4.79 Å². The van der Waals surface area contributed by atoms with E-state index in [2.05, 4.69) is 13.2 Å². The summed E-state index contributed by atoms with van der Waals surface area (Å²) in [4.78, 5) is 33.7. The third-order valence-electron chi connectivity index (χ3n) is 2.82. The van der Waals surface area contributed by atoms with E-state index in [1.165, 1.54) is 0 Å². The fourth-order valence-corrected chi connectivity index (χ4v) is 1.18. The zero-order chi connectivity index (χ0) is 17.3. The van der Waals surface area contributed by atoms with Crippen molar-refractivity contribution in [3.63, 3.8) is 0 Å². The monoisotopic (exact) mass is 314 g/mol. The Hall–Kier alpha value is -2.31. The normalized spacial score (nSPS) is 15.5. The van der Waals surface area contributed by atoms with E-state index in [0.717, 1.165) is 12.2 Å². The molecule has 0 aromatic heterocycles. The Bertz CT molecular complexity index is 392. The summed E-state index contributed by atoms with van der Waals surface area (Å²) in [5, 5.41) is 0. The zero-order valence-corrected chi connectivity index (χ0v) is 13.2. The Morgan fingerprint density at radius 3 is 1.23 bits per heavy atom. The van der Waals surface area contributed by atoms with Crippen molar-refractivity contribution in [2.24, 2.45) is 0 Å². The maximum atomic E-state index is 11.6. The molecular formula is C15H22O7. The molecule has 0 aromatic carbocycles. The molecule has 0 radical (unpaired) electrons. The molecule has 4 unspecified atom stereocenters. The standard InChI is InChI=1S/C15H22O7/c1-7-13(16)19-9(3)11(5)21-15(18)22-12(6)10(4)20-14(17)8-2/h7-12H,1-2H2,3-6H3. The van der Waals surface area contributed by atoms with Crippen LogP contribution in [0, 0.1) is 0 Å². The number of hydrogen-bond donors (Lipinski definition) is 0. The fraction of sp³-hybridized carbons (Fsp3) is 0.533. The molecule has 7 nitrogen and oxygen atoms in total. The van der Waals surface area contributed by atoms with E-state index >= 15 is 0 Å². The van der Waals surface area contributed by atoms with Gasteiger partial charge in [0.1, 0.15) is 24.4 Å². The van der Waals surface area contributed by atoms with Gasteiger partial charge < -0.3 is 18.9 Å². The molecule has 0 heterocycles. The zero-order valence-electron chi connectivity index (χ0n) is 13.2. The quantitative estimate of drug-likeness (QED) is 0.385. The van der Waals surface area contributed by atoms with Gasteiger partial charge in [-0.1, -0.05) is 13.2 Å². The molecule has 0 fully saturated rings. The van der Waals surface area contributed by atoms with Gasteiger partial charge >= 0.3 is 18.1 Å². The van der Waals surface area contributed by atoms with E-state index < -0.39 is 42.5 Å². The molecule has 0 saturated heterocycles. The van der Waals surface area contributed by atoms with E-state index in [4.69, 9.17) is 18.9 Å². The number of esters is 2. The Morgan fingerprint density at radius 2 is 0.955 bits per heavy atom. The first-order valence-corrected chi connectivity index (χ1v) is 6.74. The molecule has 0 aliphatic heterocycles. The van der Waals surface area contributed by atoms with Crippen LogP contribution >= 0.6 is 0 Å². The summed E-state index contributed by atoms with van der Waals surface area (Å²) in [5.74, 6) is -1.23. The highest BCUT2D eigenvalue weighted by atomic mass is 16.7. The summed E-state index contributed by atoms with van der Waals surface area (Å²) < 4.78 is 19.8. The van der Waals surface area contributed by atoms with E-state index in [0.29, 0.717) is 0 Å². The summed E-state index contributed by atoms with van der Waals surface area (Å²) in [7, 11) is 0. The molecule has 0 aliphatic carbocycles. The van der Waals surface area contributed by atoms with Gasteiger partial charge in [0.05, 0.1) is 0 Å². The van der Waals surface area contributed by atoms with Crippen LogP contribution in [0.5, 0.6) is 0 Å². The highest BCUT2D eigenvalue weighted by molar-refractivity contribution is 5.81. The average molecular weight is 314 g/mol. The Balaban J connectivity index is 4.31. The molecule has 0 amide bonds. The molecule has 0 N–H and O–H groups in total. The second kappa shape index (κ2) is 9.59. The van der Waals surface area contributed by atoms with Crippen LogP contribution in [0.1, 0.15) is 27.7 Å². The van der Waals surface area contributed by atoms with Crippen molar-refractivity contribution in [2.45, 2.75) is 52.1 Å². The van der Waals surface area contributed by atoms with Crippen molar-refractivity contribution in [2.75, 3.05) is 0 Å². The van der Waals surface area contributed by atoms with E-state index in [9.17, 15) is 14.4 Å². The van der Waals surface area contributed by atoms with Gasteiger partial charge in [-0.3, -0.25) is 0 Å². The predicted molar refractivity (Wildman–Crippen MR) is 78.0 cm³/mol. The van der Waals surface area contributed by atoms with Crippen molar-refractivity contribution in [1.29, 1.82) is 0 Å². The number of ether oxygens (including phenoxy) is 4. The average Bonchev–Trinajstić information content (AvgIpc) is 2.46. The molecule has 0 rings (SSSR count). The van der Waals surface area contributed by atoms with Gasteiger partial charge in [0.15, 0.2) is 0 Å². The van der Waals surface area contributed by atoms with Crippen molar-refractivity contribution in [1.82, 2.24) is 0 Å². The van der Waals surface area contributed by atoms with Gasteiger partial charge in [0.2, 0.25) is 0 Å². The number of hydrogen-bond acceptors (Lipinski definition) is 7. The maximum absolute atomic E-state index is 11.6. The van der Waals surface area contributed by atoms with Crippen LogP contribution in [-0.2, 0) is 28.5 Å². The first kappa shape index (κ1) is 19.7. The molecule has 0 saturated carbocycles. The SMILES string of the molecule is C=CC(=O)OC(C)C(C)OC(=O)OC(C)C(C)OC(=O)C=C. The Labute approximate surface area is 129 Å². The molecule has 22 heavy (non-hydrogen) atoms. The van der Waals surface area contributed by atoms with Crippen LogP contribution in [0.25, 0.3) is 0 Å². The minimum absolute atomic E-state index is 0.616. The van der Waals surface area contributed by atoms with Crippen LogP contribution in [0.3, 0.4) is 0 Å². The lowest BCUT2D eigenvalue weighted by Gasteiger charge is -2.23. The summed E-state index contributed by atoms with van der Waals surface area (Å²) in [5.41, 5.74) is 0. The molecule has 0 aliphatic rings. The van der Waals surface area contributed by atoms with Crippen molar-refractivity contribution in [3.05, 3.63) is 25.3 Å². The smallest absolute Gasteiger partial charge is 0.456 e. The lowest BCUT2D eigenvalue weighted by atomic mass is 10.2. The molecule has 0 aromatic rings. The molecule has 4 atom stereocenters. The Kier molecular flexibility index (Phi) is 8.59. The van der Waals surface area contributed by atoms with Crippen LogP contribution in [-0.4, -0.2) is 42.5 Å². The van der Waals surface area contributed by atoms with Crippen LogP contribution in [0.2, 0.25) is 0 Å². The Morgan fingerprint density at radius 1 is 0.682 bits per heavy atom. The van der Waals surface area contributed by atoms with Gasteiger partial charge in [-0.2, -0.15) is 0 Å².